The van der Waals surface area contributed by atoms with E-state index in [1.54, 1.807) is 50.3 Å². The van der Waals surface area contributed by atoms with Crippen molar-refractivity contribution in [2.24, 2.45) is 5.10 Å². The van der Waals surface area contributed by atoms with E-state index in [9.17, 15) is 9.59 Å². The third-order valence-corrected chi connectivity index (χ3v) is 3.73. The van der Waals surface area contributed by atoms with Crippen LogP contribution in [0.1, 0.15) is 35.7 Å². The van der Waals surface area contributed by atoms with Gasteiger partial charge in [-0.05, 0) is 63.2 Å². The van der Waals surface area contributed by atoms with Crippen LogP contribution in [0.15, 0.2) is 51.5 Å². The first-order valence-corrected chi connectivity index (χ1v) is 7.95. The Morgan fingerprint density at radius 3 is 2.52 bits per heavy atom. The van der Waals surface area contributed by atoms with Crippen LogP contribution in [0, 0.1) is 6.92 Å². The zero-order valence-electron chi connectivity index (χ0n) is 14.3. The molecule has 0 fully saturated rings. The smallest absolute Gasteiger partial charge is 0.338 e. The summed E-state index contributed by atoms with van der Waals surface area (Å²) in [5.74, 6) is 0.749. The molecule has 2 heterocycles. The second kappa shape index (κ2) is 6.76. The van der Waals surface area contributed by atoms with Crippen molar-refractivity contribution in [1.29, 1.82) is 0 Å². The fourth-order valence-corrected chi connectivity index (χ4v) is 2.49. The summed E-state index contributed by atoms with van der Waals surface area (Å²) in [6.07, 6.45) is 1.68. The lowest BCUT2D eigenvalue weighted by atomic mass is 10.1. The van der Waals surface area contributed by atoms with E-state index in [-0.39, 0.29) is 5.91 Å². The third kappa shape index (κ3) is 3.38. The first-order chi connectivity index (χ1) is 12.0. The minimum absolute atomic E-state index is 0.240. The van der Waals surface area contributed by atoms with E-state index in [1.807, 2.05) is 13.0 Å². The van der Waals surface area contributed by atoms with Crippen LogP contribution in [0.25, 0.3) is 6.08 Å². The van der Waals surface area contributed by atoms with Crippen LogP contribution >= 0.6 is 0 Å². The molecule has 1 aliphatic rings. The van der Waals surface area contributed by atoms with Crippen LogP contribution in [0.2, 0.25) is 0 Å². The molecule has 0 bridgehead atoms. The zero-order valence-corrected chi connectivity index (χ0v) is 14.3. The highest BCUT2D eigenvalue weighted by molar-refractivity contribution is 6.32. The Hall–Kier alpha value is -3.15. The Bertz CT molecular complexity index is 875. The van der Waals surface area contributed by atoms with E-state index in [1.165, 1.54) is 5.01 Å². The highest BCUT2D eigenvalue weighted by Gasteiger charge is 2.29. The number of carbonyl (C=O) groups is 2. The number of nitrogens with zero attached hydrogens (tertiary/aromatic N) is 2. The molecule has 1 aromatic heterocycles. The maximum atomic E-state index is 12.7. The molecule has 1 amide bonds. The van der Waals surface area contributed by atoms with Gasteiger partial charge in [-0.3, -0.25) is 4.79 Å². The number of amides is 1. The van der Waals surface area contributed by atoms with Gasteiger partial charge in [-0.25, -0.2) is 4.79 Å². The second-order valence-electron chi connectivity index (χ2n) is 5.58. The molecule has 6 heteroatoms. The lowest BCUT2D eigenvalue weighted by Gasteiger charge is -2.12. The Labute approximate surface area is 145 Å². The van der Waals surface area contributed by atoms with Crippen molar-refractivity contribution in [3.63, 3.8) is 0 Å². The number of carbonyl (C=O) groups excluding carboxylic acids is 2. The molecule has 3 rings (SSSR count). The molecule has 0 N–H and O–H groups in total. The molecular formula is C19H18N2O4. The summed E-state index contributed by atoms with van der Waals surface area (Å²) < 4.78 is 10.4. The summed E-state index contributed by atoms with van der Waals surface area (Å²) in [5.41, 5.74) is 2.09. The third-order valence-electron chi connectivity index (χ3n) is 3.73. The Morgan fingerprint density at radius 2 is 1.92 bits per heavy atom. The van der Waals surface area contributed by atoms with Gasteiger partial charge in [0.25, 0.3) is 5.91 Å². The first kappa shape index (κ1) is 16.7. The predicted molar refractivity (Wildman–Crippen MR) is 94.4 cm³/mol. The number of furan rings is 1. The molecule has 128 valence electrons. The van der Waals surface area contributed by atoms with E-state index in [2.05, 4.69) is 5.10 Å². The maximum Gasteiger partial charge on any atom is 0.338 e. The average Bonchev–Trinajstić information content (AvgIpc) is 3.13. The quantitative estimate of drug-likeness (QED) is 0.631. The van der Waals surface area contributed by atoms with Crippen LogP contribution in [0.5, 0.6) is 0 Å². The van der Waals surface area contributed by atoms with Gasteiger partial charge in [-0.15, -0.1) is 0 Å². The number of ether oxygens (including phenoxy) is 1. The topological polar surface area (TPSA) is 72.1 Å². The monoisotopic (exact) mass is 338 g/mol. The van der Waals surface area contributed by atoms with E-state index in [0.29, 0.717) is 34.9 Å². The van der Waals surface area contributed by atoms with Gasteiger partial charge in [0, 0.05) is 0 Å². The number of hydrogen-bond donors (Lipinski definition) is 0. The van der Waals surface area contributed by atoms with Crippen LogP contribution in [0.4, 0.5) is 5.69 Å². The summed E-state index contributed by atoms with van der Waals surface area (Å²) in [4.78, 5) is 24.4. The molecule has 6 nitrogen and oxygen atoms in total. The number of benzene rings is 1. The normalized spacial score (nSPS) is 15.6. The molecule has 2 aromatic rings. The highest BCUT2D eigenvalue weighted by Crippen LogP contribution is 2.25. The van der Waals surface area contributed by atoms with Crippen LogP contribution in [-0.2, 0) is 9.53 Å². The lowest BCUT2D eigenvalue weighted by molar-refractivity contribution is -0.114. The first-order valence-electron chi connectivity index (χ1n) is 7.95. The summed E-state index contributed by atoms with van der Waals surface area (Å²) in [6.45, 7) is 5.68. The van der Waals surface area contributed by atoms with Crippen molar-refractivity contribution in [3.05, 3.63) is 59.1 Å². The number of esters is 1. The van der Waals surface area contributed by atoms with Crippen molar-refractivity contribution in [1.82, 2.24) is 0 Å². The minimum Gasteiger partial charge on any atom is -0.462 e. The molecule has 0 spiro atoms. The lowest BCUT2D eigenvalue weighted by Crippen LogP contribution is -2.21. The van der Waals surface area contributed by atoms with E-state index in [0.717, 1.165) is 5.76 Å². The van der Waals surface area contributed by atoms with Crippen molar-refractivity contribution in [2.45, 2.75) is 20.8 Å². The number of hydrogen-bond acceptors (Lipinski definition) is 5. The van der Waals surface area contributed by atoms with E-state index >= 15 is 0 Å². The average molecular weight is 338 g/mol. The van der Waals surface area contributed by atoms with E-state index < -0.39 is 5.97 Å². The molecular weight excluding hydrogens is 320 g/mol. The molecule has 1 aliphatic heterocycles. The fraction of sp³-hybridized carbons (Fsp3) is 0.211. The summed E-state index contributed by atoms with van der Waals surface area (Å²) in [6, 6.07) is 10.2. The van der Waals surface area contributed by atoms with Crippen molar-refractivity contribution >= 4 is 29.4 Å². The standard InChI is InChI=1S/C19H18N2O4/c1-4-24-19(23)14-6-8-15(9-7-14)21-18(22)17(13(3)20-21)11-16-10-5-12(2)25-16/h5-11H,4H2,1-3H3/b17-11-. The van der Waals surface area contributed by atoms with Crippen LogP contribution in [0.3, 0.4) is 0 Å². The largest absolute Gasteiger partial charge is 0.462 e. The molecule has 25 heavy (non-hydrogen) atoms. The summed E-state index contributed by atoms with van der Waals surface area (Å²) in [7, 11) is 0. The number of hydrazone groups is 1. The van der Waals surface area contributed by atoms with Gasteiger partial charge >= 0.3 is 5.97 Å². The summed E-state index contributed by atoms with van der Waals surface area (Å²) in [5, 5.41) is 5.62. The molecule has 0 unspecified atom stereocenters. The van der Waals surface area contributed by atoms with Gasteiger partial charge in [-0.1, -0.05) is 0 Å². The SMILES string of the molecule is CCOC(=O)c1ccc(N2N=C(C)/C(=C/c3ccc(C)o3)C2=O)cc1. The van der Waals surface area contributed by atoms with Gasteiger partial charge < -0.3 is 9.15 Å². The van der Waals surface area contributed by atoms with Crippen molar-refractivity contribution < 1.29 is 18.7 Å². The van der Waals surface area contributed by atoms with Gasteiger partial charge in [0.1, 0.15) is 11.5 Å². The predicted octanol–water partition coefficient (Wildman–Crippen LogP) is 3.57. The molecule has 0 saturated heterocycles. The molecule has 0 saturated carbocycles. The Balaban J connectivity index is 1.83. The van der Waals surface area contributed by atoms with Gasteiger partial charge in [0.05, 0.1) is 29.1 Å². The molecule has 0 aliphatic carbocycles. The Morgan fingerprint density at radius 1 is 1.20 bits per heavy atom. The van der Waals surface area contributed by atoms with E-state index in [4.69, 9.17) is 9.15 Å². The highest BCUT2D eigenvalue weighted by atomic mass is 16.5. The number of anilines is 1. The summed E-state index contributed by atoms with van der Waals surface area (Å²) >= 11 is 0. The minimum atomic E-state index is -0.393. The van der Waals surface area contributed by atoms with Gasteiger partial charge in [0.2, 0.25) is 0 Å². The maximum absolute atomic E-state index is 12.7. The van der Waals surface area contributed by atoms with Gasteiger partial charge in [0.15, 0.2) is 0 Å². The van der Waals surface area contributed by atoms with Crippen LogP contribution in [-0.4, -0.2) is 24.2 Å². The molecule has 0 atom stereocenters. The fourth-order valence-electron chi connectivity index (χ4n) is 2.49. The molecule has 0 radical (unpaired) electrons. The number of aryl methyl sites for hydroxylation is 1. The Kier molecular flexibility index (Phi) is 4.52. The second-order valence-corrected chi connectivity index (χ2v) is 5.58. The van der Waals surface area contributed by atoms with Gasteiger partial charge in [-0.2, -0.15) is 10.1 Å². The van der Waals surface area contributed by atoms with Crippen LogP contribution < -0.4 is 5.01 Å². The molecule has 1 aromatic carbocycles. The number of rotatable bonds is 4. The van der Waals surface area contributed by atoms with Crippen molar-refractivity contribution in [2.75, 3.05) is 11.6 Å². The van der Waals surface area contributed by atoms with Crippen molar-refractivity contribution in [3.8, 4) is 0 Å². The zero-order chi connectivity index (χ0) is 18.0.